The van der Waals surface area contributed by atoms with E-state index in [0.29, 0.717) is 6.54 Å². The number of aromatic nitrogens is 1. The van der Waals surface area contributed by atoms with E-state index in [1.165, 1.54) is 17.1 Å². The third-order valence-electron chi connectivity index (χ3n) is 2.91. The zero-order valence-electron chi connectivity index (χ0n) is 11.0. The standard InChI is InChI=1S/C14H16N2O2S/c1-10-8-13(17)12(9-15-10)14(18)16(2)6-5-11-4-3-7-19-11/h3-4,7-9H,5-6H2,1-2H3,(H,15,17). The predicted octanol–water partition coefficient (Wildman–Crippen LogP) is 2.06. The SMILES string of the molecule is Cc1cc(=O)c(C(=O)N(C)CCc2cccs2)c[nH]1. The number of aryl methyl sites for hydroxylation is 1. The van der Waals surface area contributed by atoms with Gasteiger partial charge in [0, 0.05) is 36.4 Å². The van der Waals surface area contributed by atoms with Gasteiger partial charge in [0.05, 0.1) is 0 Å². The topological polar surface area (TPSA) is 53.2 Å². The Balaban J connectivity index is 2.04. The molecule has 2 rings (SSSR count). The summed E-state index contributed by atoms with van der Waals surface area (Å²) < 4.78 is 0. The Labute approximate surface area is 115 Å². The van der Waals surface area contributed by atoms with Gasteiger partial charge in [-0.3, -0.25) is 9.59 Å². The minimum Gasteiger partial charge on any atom is -0.364 e. The molecular weight excluding hydrogens is 260 g/mol. The number of H-pyrrole nitrogens is 1. The maximum absolute atomic E-state index is 12.1. The van der Waals surface area contributed by atoms with Gasteiger partial charge in [-0.2, -0.15) is 0 Å². The molecule has 2 heterocycles. The number of rotatable bonds is 4. The number of hydrogen-bond acceptors (Lipinski definition) is 3. The van der Waals surface area contributed by atoms with Crippen molar-refractivity contribution in [3.8, 4) is 0 Å². The molecule has 4 nitrogen and oxygen atoms in total. The van der Waals surface area contributed by atoms with Crippen LogP contribution in [0.4, 0.5) is 0 Å². The summed E-state index contributed by atoms with van der Waals surface area (Å²) >= 11 is 1.67. The van der Waals surface area contributed by atoms with Gasteiger partial charge in [0.2, 0.25) is 0 Å². The molecule has 0 spiro atoms. The van der Waals surface area contributed by atoms with E-state index in [-0.39, 0.29) is 16.9 Å². The molecule has 1 N–H and O–H groups in total. The summed E-state index contributed by atoms with van der Waals surface area (Å²) in [5, 5.41) is 2.02. The molecule has 0 unspecified atom stereocenters. The Morgan fingerprint density at radius 3 is 2.89 bits per heavy atom. The number of amides is 1. The summed E-state index contributed by atoms with van der Waals surface area (Å²) in [6, 6.07) is 5.48. The smallest absolute Gasteiger partial charge is 0.259 e. The van der Waals surface area contributed by atoms with Crippen LogP contribution in [0.15, 0.2) is 34.6 Å². The highest BCUT2D eigenvalue weighted by atomic mass is 32.1. The van der Waals surface area contributed by atoms with E-state index in [9.17, 15) is 9.59 Å². The number of aromatic amines is 1. The molecule has 2 aromatic heterocycles. The van der Waals surface area contributed by atoms with E-state index in [2.05, 4.69) is 4.98 Å². The van der Waals surface area contributed by atoms with Crippen LogP contribution in [0.1, 0.15) is 20.9 Å². The number of hydrogen-bond donors (Lipinski definition) is 1. The molecular formula is C14H16N2O2S. The van der Waals surface area contributed by atoms with E-state index >= 15 is 0 Å². The molecule has 0 bridgehead atoms. The number of carbonyl (C=O) groups excluding carboxylic acids is 1. The molecule has 0 radical (unpaired) electrons. The Morgan fingerprint density at radius 2 is 2.26 bits per heavy atom. The minimum absolute atomic E-state index is 0.194. The van der Waals surface area contributed by atoms with Gasteiger partial charge in [-0.1, -0.05) is 6.07 Å². The molecule has 100 valence electrons. The van der Waals surface area contributed by atoms with Gasteiger partial charge in [0.1, 0.15) is 5.56 Å². The lowest BCUT2D eigenvalue weighted by molar-refractivity contribution is 0.0795. The first-order valence-electron chi connectivity index (χ1n) is 6.05. The molecule has 0 aromatic carbocycles. The third-order valence-corrected chi connectivity index (χ3v) is 3.84. The van der Waals surface area contributed by atoms with Gasteiger partial charge in [-0.05, 0) is 24.8 Å². The lowest BCUT2D eigenvalue weighted by atomic mass is 10.2. The number of pyridine rings is 1. The fourth-order valence-corrected chi connectivity index (χ4v) is 2.48. The summed E-state index contributed by atoms with van der Waals surface area (Å²) in [7, 11) is 1.72. The van der Waals surface area contributed by atoms with Gasteiger partial charge in [-0.25, -0.2) is 0 Å². The first-order chi connectivity index (χ1) is 9.08. The van der Waals surface area contributed by atoms with Crippen molar-refractivity contribution in [2.75, 3.05) is 13.6 Å². The highest BCUT2D eigenvalue weighted by Gasteiger charge is 2.15. The monoisotopic (exact) mass is 276 g/mol. The molecule has 0 atom stereocenters. The van der Waals surface area contributed by atoms with Crippen molar-refractivity contribution in [1.29, 1.82) is 0 Å². The van der Waals surface area contributed by atoms with Crippen LogP contribution in [-0.4, -0.2) is 29.4 Å². The zero-order valence-corrected chi connectivity index (χ0v) is 11.8. The average molecular weight is 276 g/mol. The maximum atomic E-state index is 12.1. The minimum atomic E-state index is -0.238. The summed E-state index contributed by atoms with van der Waals surface area (Å²) in [4.78, 5) is 29.6. The van der Waals surface area contributed by atoms with Crippen LogP contribution >= 0.6 is 11.3 Å². The molecule has 0 fully saturated rings. The highest BCUT2D eigenvalue weighted by Crippen LogP contribution is 2.10. The van der Waals surface area contributed by atoms with E-state index in [4.69, 9.17) is 0 Å². The molecule has 0 aliphatic heterocycles. The highest BCUT2D eigenvalue weighted by molar-refractivity contribution is 7.09. The summed E-state index contributed by atoms with van der Waals surface area (Å²) in [6.45, 7) is 2.39. The Bertz CT molecular complexity index is 617. The van der Waals surface area contributed by atoms with Crippen LogP contribution in [-0.2, 0) is 6.42 Å². The first kappa shape index (κ1) is 13.5. The van der Waals surface area contributed by atoms with Crippen LogP contribution < -0.4 is 5.43 Å². The molecule has 0 saturated heterocycles. The lowest BCUT2D eigenvalue weighted by Gasteiger charge is -2.16. The second-order valence-corrected chi connectivity index (χ2v) is 5.48. The van der Waals surface area contributed by atoms with Crippen molar-refractivity contribution >= 4 is 17.2 Å². The largest absolute Gasteiger partial charge is 0.364 e. The van der Waals surface area contributed by atoms with Crippen molar-refractivity contribution in [2.24, 2.45) is 0 Å². The van der Waals surface area contributed by atoms with Crippen LogP contribution in [0.5, 0.6) is 0 Å². The van der Waals surface area contributed by atoms with Gasteiger partial charge in [0.25, 0.3) is 5.91 Å². The molecule has 0 aliphatic rings. The molecule has 0 aliphatic carbocycles. The molecule has 5 heteroatoms. The van der Waals surface area contributed by atoms with Gasteiger partial charge in [-0.15, -0.1) is 11.3 Å². The first-order valence-corrected chi connectivity index (χ1v) is 6.93. The van der Waals surface area contributed by atoms with E-state index in [0.717, 1.165) is 12.1 Å². The number of likely N-dealkylation sites (N-methyl/N-ethyl adjacent to an activating group) is 1. The normalized spacial score (nSPS) is 10.4. The Morgan fingerprint density at radius 1 is 1.47 bits per heavy atom. The fourth-order valence-electron chi connectivity index (χ4n) is 1.78. The molecule has 2 aromatic rings. The predicted molar refractivity (Wildman–Crippen MR) is 76.8 cm³/mol. The van der Waals surface area contributed by atoms with Gasteiger partial charge >= 0.3 is 0 Å². The van der Waals surface area contributed by atoms with Crippen LogP contribution in [0.3, 0.4) is 0 Å². The van der Waals surface area contributed by atoms with Crippen molar-refractivity contribution in [3.05, 3.63) is 56.1 Å². The van der Waals surface area contributed by atoms with Crippen molar-refractivity contribution in [2.45, 2.75) is 13.3 Å². The van der Waals surface area contributed by atoms with Crippen LogP contribution in [0, 0.1) is 6.92 Å². The third kappa shape index (κ3) is 3.32. The number of nitrogens with zero attached hydrogens (tertiary/aromatic N) is 1. The van der Waals surface area contributed by atoms with Crippen molar-refractivity contribution < 1.29 is 4.79 Å². The molecule has 19 heavy (non-hydrogen) atoms. The van der Waals surface area contributed by atoms with E-state index < -0.39 is 0 Å². The summed E-state index contributed by atoms with van der Waals surface area (Å²) in [5.74, 6) is -0.238. The van der Waals surface area contributed by atoms with E-state index in [1.807, 2.05) is 17.5 Å². The second-order valence-electron chi connectivity index (χ2n) is 4.45. The summed E-state index contributed by atoms with van der Waals surface area (Å²) in [6.07, 6.45) is 2.30. The van der Waals surface area contributed by atoms with Crippen molar-refractivity contribution in [3.63, 3.8) is 0 Å². The fraction of sp³-hybridized carbons (Fsp3) is 0.286. The van der Waals surface area contributed by atoms with Gasteiger partial charge in [0.15, 0.2) is 5.43 Å². The lowest BCUT2D eigenvalue weighted by Crippen LogP contribution is -2.32. The van der Waals surface area contributed by atoms with Crippen LogP contribution in [0.2, 0.25) is 0 Å². The maximum Gasteiger partial charge on any atom is 0.259 e. The average Bonchev–Trinajstić information content (AvgIpc) is 2.88. The quantitative estimate of drug-likeness (QED) is 0.929. The van der Waals surface area contributed by atoms with Crippen LogP contribution in [0.25, 0.3) is 0 Å². The number of thiophene rings is 1. The number of carbonyl (C=O) groups is 1. The van der Waals surface area contributed by atoms with E-state index in [1.54, 1.807) is 30.2 Å². The zero-order chi connectivity index (χ0) is 13.8. The Kier molecular flexibility index (Phi) is 4.16. The molecule has 0 saturated carbocycles. The molecule has 1 amide bonds. The number of nitrogens with one attached hydrogen (secondary N) is 1. The Hall–Kier alpha value is -1.88. The van der Waals surface area contributed by atoms with Gasteiger partial charge < -0.3 is 9.88 Å². The van der Waals surface area contributed by atoms with Crippen molar-refractivity contribution in [1.82, 2.24) is 9.88 Å². The second kappa shape index (κ2) is 5.84. The summed E-state index contributed by atoms with van der Waals surface area (Å²) in [5.41, 5.74) is 0.714.